The van der Waals surface area contributed by atoms with E-state index in [1.165, 1.54) is 0 Å². The van der Waals surface area contributed by atoms with Crippen LogP contribution in [0.4, 0.5) is 0 Å². The zero-order valence-corrected chi connectivity index (χ0v) is 9.95. The van der Waals surface area contributed by atoms with Gasteiger partial charge in [0.05, 0.1) is 0 Å². The van der Waals surface area contributed by atoms with Crippen LogP contribution in [0.15, 0.2) is 24.3 Å². The lowest BCUT2D eigenvalue weighted by Crippen LogP contribution is -2.29. The van der Waals surface area contributed by atoms with Crippen LogP contribution in [0.25, 0.3) is 0 Å². The molecule has 0 atom stereocenters. The van der Waals surface area contributed by atoms with Gasteiger partial charge < -0.3 is 10.1 Å². The van der Waals surface area contributed by atoms with Crippen molar-refractivity contribution in [2.75, 3.05) is 13.2 Å². The number of benzene rings is 1. The molecule has 0 bridgehead atoms. The van der Waals surface area contributed by atoms with E-state index < -0.39 is 0 Å². The fraction of sp³-hybridized carbons (Fsp3) is 0.462. The highest BCUT2D eigenvalue weighted by Crippen LogP contribution is 2.11. The SMILES string of the molecule is CCCCNC(=O)COc1cccc(C)c1. The molecule has 0 aliphatic carbocycles. The number of rotatable bonds is 6. The second-order valence-corrected chi connectivity index (χ2v) is 3.81. The van der Waals surface area contributed by atoms with Crippen molar-refractivity contribution in [3.63, 3.8) is 0 Å². The van der Waals surface area contributed by atoms with Crippen LogP contribution in [0, 0.1) is 6.92 Å². The number of hydrogen-bond donors (Lipinski definition) is 1. The Bertz CT molecular complexity index is 336. The molecule has 0 aliphatic heterocycles. The Balaban J connectivity index is 2.26. The van der Waals surface area contributed by atoms with Crippen molar-refractivity contribution in [1.29, 1.82) is 0 Å². The van der Waals surface area contributed by atoms with Gasteiger partial charge in [0.25, 0.3) is 5.91 Å². The predicted molar refractivity (Wildman–Crippen MR) is 64.6 cm³/mol. The molecule has 0 saturated heterocycles. The van der Waals surface area contributed by atoms with Gasteiger partial charge in [0.2, 0.25) is 0 Å². The summed E-state index contributed by atoms with van der Waals surface area (Å²) in [5.41, 5.74) is 1.13. The lowest BCUT2D eigenvalue weighted by atomic mass is 10.2. The molecule has 0 saturated carbocycles. The van der Waals surface area contributed by atoms with Gasteiger partial charge in [-0.1, -0.05) is 25.5 Å². The zero-order valence-electron chi connectivity index (χ0n) is 9.95. The molecule has 1 aromatic rings. The van der Waals surface area contributed by atoms with Crippen LogP contribution in [0.1, 0.15) is 25.3 Å². The number of hydrogen-bond acceptors (Lipinski definition) is 2. The second kappa shape index (κ2) is 6.88. The summed E-state index contributed by atoms with van der Waals surface area (Å²) < 4.78 is 5.37. The Hall–Kier alpha value is -1.51. The molecule has 0 heterocycles. The van der Waals surface area contributed by atoms with Crippen molar-refractivity contribution in [3.05, 3.63) is 29.8 Å². The molecule has 1 rings (SSSR count). The lowest BCUT2D eigenvalue weighted by molar-refractivity contribution is -0.123. The number of ether oxygens (including phenoxy) is 1. The number of nitrogens with one attached hydrogen (secondary N) is 1. The third kappa shape index (κ3) is 4.82. The van der Waals surface area contributed by atoms with Crippen molar-refractivity contribution in [2.24, 2.45) is 0 Å². The highest BCUT2D eigenvalue weighted by Gasteiger charge is 2.01. The van der Waals surface area contributed by atoms with E-state index in [0.717, 1.165) is 30.7 Å². The molecule has 3 heteroatoms. The average molecular weight is 221 g/mol. The minimum atomic E-state index is -0.0602. The number of carbonyl (C=O) groups excluding carboxylic acids is 1. The highest BCUT2D eigenvalue weighted by molar-refractivity contribution is 5.77. The van der Waals surface area contributed by atoms with Gasteiger partial charge in [0.1, 0.15) is 5.75 Å². The van der Waals surface area contributed by atoms with E-state index in [0.29, 0.717) is 0 Å². The van der Waals surface area contributed by atoms with Gasteiger partial charge in [-0.15, -0.1) is 0 Å². The fourth-order valence-electron chi connectivity index (χ4n) is 1.31. The zero-order chi connectivity index (χ0) is 11.8. The molecule has 3 nitrogen and oxygen atoms in total. The average Bonchev–Trinajstić information content (AvgIpc) is 2.27. The van der Waals surface area contributed by atoms with Gasteiger partial charge >= 0.3 is 0 Å². The maximum atomic E-state index is 11.3. The molecule has 16 heavy (non-hydrogen) atoms. The molecule has 1 N–H and O–H groups in total. The third-order valence-electron chi connectivity index (χ3n) is 2.21. The molecule has 88 valence electrons. The first kappa shape index (κ1) is 12.6. The third-order valence-corrected chi connectivity index (χ3v) is 2.21. The molecular formula is C13H19NO2. The summed E-state index contributed by atoms with van der Waals surface area (Å²) in [6.45, 7) is 4.91. The molecule has 0 radical (unpaired) electrons. The van der Waals surface area contributed by atoms with Crippen LogP contribution < -0.4 is 10.1 Å². The van der Waals surface area contributed by atoms with Crippen molar-refractivity contribution in [1.82, 2.24) is 5.32 Å². The van der Waals surface area contributed by atoms with Gasteiger partial charge in [-0.3, -0.25) is 4.79 Å². The molecule has 0 spiro atoms. The van der Waals surface area contributed by atoms with Gasteiger partial charge in [-0.2, -0.15) is 0 Å². The highest BCUT2D eigenvalue weighted by atomic mass is 16.5. The number of amides is 1. The second-order valence-electron chi connectivity index (χ2n) is 3.81. The van der Waals surface area contributed by atoms with Gasteiger partial charge in [-0.05, 0) is 31.0 Å². The minimum Gasteiger partial charge on any atom is -0.484 e. The molecule has 0 aliphatic rings. The Morgan fingerprint density at radius 1 is 1.44 bits per heavy atom. The normalized spacial score (nSPS) is 9.88. The van der Waals surface area contributed by atoms with Crippen LogP contribution in [-0.2, 0) is 4.79 Å². The molecular weight excluding hydrogens is 202 g/mol. The summed E-state index contributed by atoms with van der Waals surface area (Å²) in [6, 6.07) is 7.68. The van der Waals surface area contributed by atoms with Crippen molar-refractivity contribution in [3.8, 4) is 5.75 Å². The van der Waals surface area contributed by atoms with Crippen LogP contribution in [-0.4, -0.2) is 19.1 Å². The first-order valence-corrected chi connectivity index (χ1v) is 5.68. The Morgan fingerprint density at radius 2 is 2.25 bits per heavy atom. The summed E-state index contributed by atoms with van der Waals surface area (Å²) in [5, 5.41) is 2.80. The summed E-state index contributed by atoms with van der Waals surface area (Å²) in [6.07, 6.45) is 2.09. The number of carbonyl (C=O) groups is 1. The van der Waals surface area contributed by atoms with E-state index in [2.05, 4.69) is 12.2 Å². The Morgan fingerprint density at radius 3 is 2.94 bits per heavy atom. The van der Waals surface area contributed by atoms with Crippen molar-refractivity contribution in [2.45, 2.75) is 26.7 Å². The standard InChI is InChI=1S/C13H19NO2/c1-3-4-8-14-13(15)10-16-12-7-5-6-11(2)9-12/h5-7,9H,3-4,8,10H2,1-2H3,(H,14,15). The summed E-state index contributed by atoms with van der Waals surface area (Å²) in [7, 11) is 0. The first-order chi connectivity index (χ1) is 7.72. The molecule has 1 aromatic carbocycles. The van der Waals surface area contributed by atoms with Crippen molar-refractivity contribution < 1.29 is 9.53 Å². The Kier molecular flexibility index (Phi) is 5.40. The van der Waals surface area contributed by atoms with Crippen LogP contribution in [0.2, 0.25) is 0 Å². The first-order valence-electron chi connectivity index (χ1n) is 5.68. The van der Waals surface area contributed by atoms with E-state index in [1.807, 2.05) is 31.2 Å². The lowest BCUT2D eigenvalue weighted by Gasteiger charge is -2.07. The van der Waals surface area contributed by atoms with E-state index in [9.17, 15) is 4.79 Å². The topological polar surface area (TPSA) is 38.3 Å². The molecule has 0 aromatic heterocycles. The molecule has 0 unspecified atom stereocenters. The monoisotopic (exact) mass is 221 g/mol. The van der Waals surface area contributed by atoms with E-state index in [1.54, 1.807) is 0 Å². The smallest absolute Gasteiger partial charge is 0.257 e. The quantitative estimate of drug-likeness (QED) is 0.748. The van der Waals surface area contributed by atoms with Crippen LogP contribution >= 0.6 is 0 Å². The van der Waals surface area contributed by atoms with Crippen LogP contribution in [0.5, 0.6) is 5.75 Å². The van der Waals surface area contributed by atoms with Gasteiger partial charge in [-0.25, -0.2) is 0 Å². The summed E-state index contributed by atoms with van der Waals surface area (Å²) in [5.74, 6) is 0.681. The van der Waals surface area contributed by atoms with E-state index >= 15 is 0 Å². The van der Waals surface area contributed by atoms with E-state index in [-0.39, 0.29) is 12.5 Å². The summed E-state index contributed by atoms with van der Waals surface area (Å²) in [4.78, 5) is 11.3. The predicted octanol–water partition coefficient (Wildman–Crippen LogP) is 2.29. The van der Waals surface area contributed by atoms with E-state index in [4.69, 9.17) is 4.74 Å². The largest absolute Gasteiger partial charge is 0.484 e. The minimum absolute atomic E-state index is 0.0602. The van der Waals surface area contributed by atoms with Gasteiger partial charge in [0, 0.05) is 6.54 Å². The maximum Gasteiger partial charge on any atom is 0.257 e. The number of unbranched alkanes of at least 4 members (excludes halogenated alkanes) is 1. The Labute approximate surface area is 96.8 Å². The maximum absolute atomic E-state index is 11.3. The summed E-state index contributed by atoms with van der Waals surface area (Å²) >= 11 is 0. The van der Waals surface area contributed by atoms with Gasteiger partial charge in [0.15, 0.2) is 6.61 Å². The van der Waals surface area contributed by atoms with Crippen molar-refractivity contribution >= 4 is 5.91 Å². The molecule has 1 amide bonds. The fourth-order valence-corrected chi connectivity index (χ4v) is 1.31. The number of aryl methyl sites for hydroxylation is 1. The van der Waals surface area contributed by atoms with Crippen LogP contribution in [0.3, 0.4) is 0 Å². The molecule has 0 fully saturated rings.